The fourth-order valence-corrected chi connectivity index (χ4v) is 3.89. The van der Waals surface area contributed by atoms with Crippen molar-refractivity contribution >= 4 is 17.6 Å². The van der Waals surface area contributed by atoms with Gasteiger partial charge in [-0.2, -0.15) is 0 Å². The lowest BCUT2D eigenvalue weighted by atomic mass is 9.77. The molecular weight excluding hydrogens is 316 g/mol. The maximum absolute atomic E-state index is 12.0. The smallest absolute Gasteiger partial charge is 0.353 e. The third kappa shape index (κ3) is 3.32. The molecule has 4 nitrogen and oxygen atoms in total. The largest absolute Gasteiger partial charge is 0.510 e. The van der Waals surface area contributed by atoms with E-state index in [9.17, 15) is 15.0 Å². The van der Waals surface area contributed by atoms with E-state index in [0.717, 1.165) is 37.7 Å². The van der Waals surface area contributed by atoms with Crippen LogP contribution in [0.2, 0.25) is 0 Å². The number of hydrogen-bond acceptors (Lipinski definition) is 4. The van der Waals surface area contributed by atoms with E-state index in [1.807, 2.05) is 12.1 Å². The highest BCUT2D eigenvalue weighted by molar-refractivity contribution is 6.41. The molecule has 23 heavy (non-hydrogen) atoms. The number of aliphatic hydroxyl groups excluding tert-OH is 1. The first-order valence-electron chi connectivity index (χ1n) is 8.09. The van der Waals surface area contributed by atoms with Crippen LogP contribution in [-0.4, -0.2) is 21.8 Å². The van der Waals surface area contributed by atoms with Crippen molar-refractivity contribution in [2.24, 2.45) is 5.92 Å². The van der Waals surface area contributed by atoms with Crippen LogP contribution >= 0.6 is 11.6 Å². The van der Waals surface area contributed by atoms with Gasteiger partial charge in [-0.25, -0.2) is 4.79 Å². The molecule has 1 aliphatic carbocycles. The van der Waals surface area contributed by atoms with Crippen LogP contribution in [0.5, 0.6) is 5.75 Å². The Morgan fingerprint density at radius 1 is 1.17 bits per heavy atom. The van der Waals surface area contributed by atoms with Gasteiger partial charge in [-0.15, -0.1) is 0 Å². The molecule has 2 N–H and O–H groups in total. The van der Waals surface area contributed by atoms with Crippen molar-refractivity contribution in [2.75, 3.05) is 0 Å². The highest BCUT2D eigenvalue weighted by atomic mass is 35.5. The number of hydrogen-bond donors (Lipinski definition) is 2. The second-order valence-corrected chi connectivity index (χ2v) is 6.92. The predicted octanol–water partition coefficient (Wildman–Crippen LogP) is 4.21. The molecule has 2 aliphatic rings. The molecule has 1 unspecified atom stereocenters. The molecule has 1 aromatic rings. The van der Waals surface area contributed by atoms with Crippen molar-refractivity contribution in [3.05, 3.63) is 40.6 Å². The number of cyclic esters (lactones) is 1. The molecule has 1 heterocycles. The Kier molecular flexibility index (Phi) is 4.53. The number of rotatable bonds is 4. The minimum atomic E-state index is -0.673. The van der Waals surface area contributed by atoms with Gasteiger partial charge >= 0.3 is 5.97 Å². The minimum Gasteiger partial charge on any atom is -0.510 e. The minimum absolute atomic E-state index is 0.0551. The summed E-state index contributed by atoms with van der Waals surface area (Å²) in [6, 6.07) is 7.04. The summed E-state index contributed by atoms with van der Waals surface area (Å²) in [6.07, 6.45) is 5.92. The normalized spacial score (nSPS) is 25.7. The summed E-state index contributed by atoms with van der Waals surface area (Å²) in [6.45, 7) is 0. The van der Waals surface area contributed by atoms with Gasteiger partial charge in [-0.05, 0) is 49.3 Å². The zero-order chi connectivity index (χ0) is 16.4. The Labute approximate surface area is 140 Å². The van der Waals surface area contributed by atoms with Crippen molar-refractivity contribution in [2.45, 2.75) is 50.5 Å². The molecule has 1 fully saturated rings. The van der Waals surface area contributed by atoms with Gasteiger partial charge in [0.05, 0.1) is 0 Å². The first-order chi connectivity index (χ1) is 11.0. The molecule has 0 saturated heterocycles. The van der Waals surface area contributed by atoms with Crippen LogP contribution in [-0.2, 0) is 16.0 Å². The van der Waals surface area contributed by atoms with Gasteiger partial charge in [-0.3, -0.25) is 0 Å². The Balaban J connectivity index is 1.81. The molecule has 0 spiro atoms. The Hall–Kier alpha value is -1.68. The van der Waals surface area contributed by atoms with Crippen LogP contribution in [0.4, 0.5) is 0 Å². The third-order valence-electron chi connectivity index (χ3n) is 5.07. The van der Waals surface area contributed by atoms with E-state index in [4.69, 9.17) is 16.3 Å². The van der Waals surface area contributed by atoms with E-state index < -0.39 is 11.6 Å². The number of phenolic OH excluding ortho intramolecular Hbond substituents is 1. The molecule has 5 heteroatoms. The lowest BCUT2D eigenvalue weighted by molar-refractivity contribution is -0.166. The zero-order valence-electron chi connectivity index (χ0n) is 12.9. The van der Waals surface area contributed by atoms with Gasteiger partial charge in [0.2, 0.25) is 0 Å². The summed E-state index contributed by atoms with van der Waals surface area (Å²) in [4.78, 5) is 12.0. The number of aromatic hydroxyl groups is 1. The fraction of sp³-hybridized carbons (Fsp3) is 0.500. The Morgan fingerprint density at radius 3 is 2.43 bits per heavy atom. The Bertz CT molecular complexity index is 616. The molecule has 0 bridgehead atoms. The molecule has 0 amide bonds. The quantitative estimate of drug-likeness (QED) is 0.808. The summed E-state index contributed by atoms with van der Waals surface area (Å²) >= 11 is 5.81. The van der Waals surface area contributed by atoms with E-state index in [0.29, 0.717) is 12.8 Å². The van der Waals surface area contributed by atoms with Crippen LogP contribution in [0.3, 0.4) is 0 Å². The number of carbonyl (C=O) groups excluding carboxylic acids is 1. The van der Waals surface area contributed by atoms with E-state index in [1.54, 1.807) is 12.1 Å². The maximum atomic E-state index is 12.0. The monoisotopic (exact) mass is 336 g/mol. The van der Waals surface area contributed by atoms with Gasteiger partial charge in [0.25, 0.3) is 0 Å². The Morgan fingerprint density at radius 2 is 1.83 bits per heavy atom. The van der Waals surface area contributed by atoms with Crippen molar-refractivity contribution in [3.63, 3.8) is 0 Å². The number of halogens is 1. The highest BCUT2D eigenvalue weighted by Crippen LogP contribution is 2.46. The summed E-state index contributed by atoms with van der Waals surface area (Å²) < 4.78 is 5.75. The standard InChI is InChI=1S/C18H21ClO4/c19-16-15(21)11-18(23-17(16)22,13-3-1-2-4-13)10-9-12-5-7-14(20)8-6-12/h5-8,13,20-21H,1-4,9-11H2. The summed E-state index contributed by atoms with van der Waals surface area (Å²) in [5, 5.41) is 19.3. The molecule has 1 atom stereocenters. The van der Waals surface area contributed by atoms with Gasteiger partial charge < -0.3 is 14.9 Å². The van der Waals surface area contributed by atoms with E-state index in [1.165, 1.54) is 0 Å². The first-order valence-corrected chi connectivity index (χ1v) is 8.47. The maximum Gasteiger partial charge on any atom is 0.353 e. The molecule has 1 aromatic carbocycles. The number of aryl methyl sites for hydroxylation is 1. The summed E-state index contributed by atoms with van der Waals surface area (Å²) in [7, 11) is 0. The number of ether oxygens (including phenoxy) is 1. The number of phenols is 1. The van der Waals surface area contributed by atoms with Crippen LogP contribution in [0, 0.1) is 5.92 Å². The van der Waals surface area contributed by atoms with Crippen molar-refractivity contribution in [1.82, 2.24) is 0 Å². The third-order valence-corrected chi connectivity index (χ3v) is 5.44. The number of aliphatic hydroxyl groups is 1. The lowest BCUT2D eigenvalue weighted by Gasteiger charge is -2.41. The van der Waals surface area contributed by atoms with Gasteiger partial charge in [0.1, 0.15) is 17.1 Å². The van der Waals surface area contributed by atoms with E-state index in [-0.39, 0.29) is 22.5 Å². The van der Waals surface area contributed by atoms with Gasteiger partial charge in [-0.1, -0.05) is 36.6 Å². The molecule has 3 rings (SSSR count). The lowest BCUT2D eigenvalue weighted by Crippen LogP contribution is -2.45. The molecule has 1 aliphatic heterocycles. The van der Waals surface area contributed by atoms with Crippen molar-refractivity contribution in [1.29, 1.82) is 0 Å². The van der Waals surface area contributed by atoms with Crippen LogP contribution in [0.25, 0.3) is 0 Å². The average molecular weight is 337 g/mol. The topological polar surface area (TPSA) is 66.8 Å². The molecule has 0 aromatic heterocycles. The van der Waals surface area contributed by atoms with E-state index in [2.05, 4.69) is 0 Å². The number of benzene rings is 1. The van der Waals surface area contributed by atoms with Gasteiger partial charge in [0, 0.05) is 6.42 Å². The number of carbonyl (C=O) groups is 1. The molecular formula is C18H21ClO4. The summed E-state index contributed by atoms with van der Waals surface area (Å²) in [5.74, 6) is -0.181. The second kappa shape index (κ2) is 6.44. The molecule has 124 valence electrons. The summed E-state index contributed by atoms with van der Waals surface area (Å²) in [5.41, 5.74) is 0.393. The second-order valence-electron chi connectivity index (χ2n) is 6.54. The molecule has 0 radical (unpaired) electrons. The fourth-order valence-electron chi connectivity index (χ4n) is 3.79. The predicted molar refractivity (Wildman–Crippen MR) is 87.3 cm³/mol. The SMILES string of the molecule is O=C1OC(CCc2ccc(O)cc2)(C2CCCC2)CC(O)=C1Cl. The van der Waals surface area contributed by atoms with E-state index >= 15 is 0 Å². The number of esters is 1. The highest BCUT2D eigenvalue weighted by Gasteiger charge is 2.47. The zero-order valence-corrected chi connectivity index (χ0v) is 13.7. The molecule has 1 saturated carbocycles. The first kappa shape index (κ1) is 16.2. The van der Waals surface area contributed by atoms with Crippen LogP contribution in [0.15, 0.2) is 35.1 Å². The van der Waals surface area contributed by atoms with Crippen LogP contribution in [0.1, 0.15) is 44.1 Å². The van der Waals surface area contributed by atoms with Crippen molar-refractivity contribution in [3.8, 4) is 5.75 Å². The van der Waals surface area contributed by atoms with Gasteiger partial charge in [0.15, 0.2) is 5.03 Å². The van der Waals surface area contributed by atoms with Crippen LogP contribution < -0.4 is 0 Å². The van der Waals surface area contributed by atoms with Crippen molar-refractivity contribution < 1.29 is 19.7 Å². The average Bonchev–Trinajstić information content (AvgIpc) is 3.07.